The number of carboxylic acids is 1. The Hall–Kier alpha value is -3.96. The number of urea groups is 1. The summed E-state index contributed by atoms with van der Waals surface area (Å²) < 4.78 is 48.3. The predicted molar refractivity (Wildman–Crippen MR) is 153 cm³/mol. The Bertz CT molecular complexity index is 1320. The molecule has 1 atom stereocenters. The molecule has 3 amide bonds. The highest BCUT2D eigenvalue weighted by molar-refractivity contribution is 5.95. The molecule has 9 nitrogen and oxygen atoms in total. The SMILES string of the molecule is CC(C)(C)C1CCC(N(C(=O)Nc2cccc(OC(F)(F)F)c2)C2CCOc3cc(C(=O)NCCC(=O)O)ccc32)CC1. The van der Waals surface area contributed by atoms with Crippen molar-refractivity contribution in [1.29, 1.82) is 0 Å². The summed E-state index contributed by atoms with van der Waals surface area (Å²) in [6.07, 6.45) is -1.19. The first-order chi connectivity index (χ1) is 20.2. The number of halogens is 3. The van der Waals surface area contributed by atoms with Gasteiger partial charge in [-0.25, -0.2) is 4.79 Å². The number of carbonyl (C=O) groups excluding carboxylic acids is 2. The zero-order valence-corrected chi connectivity index (χ0v) is 24.5. The number of ether oxygens (including phenoxy) is 2. The van der Waals surface area contributed by atoms with Gasteiger partial charge < -0.3 is 30.1 Å². The average Bonchev–Trinajstić information content (AvgIpc) is 2.92. The van der Waals surface area contributed by atoms with E-state index in [0.29, 0.717) is 23.7 Å². The van der Waals surface area contributed by atoms with Crippen LogP contribution in [0.25, 0.3) is 0 Å². The number of amides is 3. The Balaban J connectivity index is 1.60. The molecule has 2 aromatic carbocycles. The zero-order chi connectivity index (χ0) is 31.4. The summed E-state index contributed by atoms with van der Waals surface area (Å²) in [6, 6.07) is 9.14. The van der Waals surface area contributed by atoms with Gasteiger partial charge in [-0.05, 0) is 61.3 Å². The fourth-order valence-electron chi connectivity index (χ4n) is 5.93. The molecule has 1 heterocycles. The summed E-state index contributed by atoms with van der Waals surface area (Å²) in [7, 11) is 0. The summed E-state index contributed by atoms with van der Waals surface area (Å²) in [5, 5.41) is 14.2. The topological polar surface area (TPSA) is 117 Å². The predicted octanol–water partition coefficient (Wildman–Crippen LogP) is 6.75. The van der Waals surface area contributed by atoms with E-state index in [1.165, 1.54) is 18.2 Å². The average molecular weight is 606 g/mol. The van der Waals surface area contributed by atoms with Gasteiger partial charge in [0.15, 0.2) is 0 Å². The van der Waals surface area contributed by atoms with E-state index in [-0.39, 0.29) is 36.7 Å². The van der Waals surface area contributed by atoms with E-state index in [1.807, 2.05) is 0 Å². The fraction of sp³-hybridized carbons (Fsp3) is 0.516. The third-order valence-electron chi connectivity index (χ3n) is 8.11. The van der Waals surface area contributed by atoms with Crippen LogP contribution in [0.3, 0.4) is 0 Å². The maximum absolute atomic E-state index is 13.9. The molecule has 0 aromatic heterocycles. The molecule has 234 valence electrons. The Morgan fingerprint density at radius 2 is 1.74 bits per heavy atom. The Morgan fingerprint density at radius 3 is 2.40 bits per heavy atom. The number of carboxylic acid groups (broad SMARTS) is 1. The quantitative estimate of drug-likeness (QED) is 0.306. The minimum Gasteiger partial charge on any atom is -0.493 e. The van der Waals surface area contributed by atoms with Gasteiger partial charge in [-0.15, -0.1) is 13.2 Å². The lowest BCUT2D eigenvalue weighted by molar-refractivity contribution is -0.274. The fourth-order valence-corrected chi connectivity index (χ4v) is 5.93. The number of aliphatic carboxylic acids is 1. The molecule has 1 unspecified atom stereocenters. The molecular formula is C31H38F3N3O6. The highest BCUT2D eigenvalue weighted by Crippen LogP contribution is 2.44. The van der Waals surface area contributed by atoms with Gasteiger partial charge in [-0.2, -0.15) is 0 Å². The van der Waals surface area contributed by atoms with Crippen molar-refractivity contribution < 1.29 is 42.1 Å². The van der Waals surface area contributed by atoms with Crippen molar-refractivity contribution in [3.05, 3.63) is 53.6 Å². The van der Waals surface area contributed by atoms with Gasteiger partial charge in [0.25, 0.3) is 5.91 Å². The number of fused-ring (bicyclic) bond motifs is 1. The number of nitrogens with zero attached hydrogens (tertiary/aromatic N) is 1. The number of carbonyl (C=O) groups is 3. The molecule has 0 bridgehead atoms. The number of benzene rings is 2. The van der Waals surface area contributed by atoms with Gasteiger partial charge in [0.2, 0.25) is 0 Å². The maximum atomic E-state index is 13.9. The van der Waals surface area contributed by atoms with Gasteiger partial charge in [0.05, 0.1) is 19.1 Å². The zero-order valence-electron chi connectivity index (χ0n) is 24.5. The molecule has 1 aliphatic heterocycles. The second-order valence-electron chi connectivity index (χ2n) is 12.1. The van der Waals surface area contributed by atoms with E-state index < -0.39 is 36.1 Å². The van der Waals surface area contributed by atoms with E-state index in [9.17, 15) is 27.6 Å². The van der Waals surface area contributed by atoms with Crippen molar-refractivity contribution in [2.24, 2.45) is 11.3 Å². The van der Waals surface area contributed by atoms with E-state index in [1.54, 1.807) is 23.1 Å². The first kappa shape index (κ1) is 32.0. The second-order valence-corrected chi connectivity index (χ2v) is 12.1. The summed E-state index contributed by atoms with van der Waals surface area (Å²) in [5.41, 5.74) is 1.31. The van der Waals surface area contributed by atoms with Crippen LogP contribution in [0.15, 0.2) is 42.5 Å². The minimum absolute atomic E-state index is 0.0187. The minimum atomic E-state index is -4.86. The molecule has 0 saturated heterocycles. The van der Waals surface area contributed by atoms with Gasteiger partial charge in [-0.1, -0.05) is 32.9 Å². The normalized spacial score (nSPS) is 20.3. The van der Waals surface area contributed by atoms with Crippen LogP contribution in [0.2, 0.25) is 0 Å². The number of rotatable bonds is 8. The maximum Gasteiger partial charge on any atom is 0.573 e. The number of anilines is 1. The van der Waals surface area contributed by atoms with Gasteiger partial charge in [0, 0.05) is 41.9 Å². The first-order valence-electron chi connectivity index (χ1n) is 14.4. The highest BCUT2D eigenvalue weighted by atomic mass is 19.4. The summed E-state index contributed by atoms with van der Waals surface area (Å²) in [6.45, 7) is 6.90. The van der Waals surface area contributed by atoms with E-state index >= 15 is 0 Å². The van der Waals surface area contributed by atoms with Gasteiger partial charge in [-0.3, -0.25) is 9.59 Å². The standard InChI is InChI=1S/C31H38F3N3O6/c1-30(2,3)20-8-10-22(11-9-20)37(29(41)36-21-5-4-6-23(18-21)43-31(32,33)34)25-14-16-42-26-17-19(7-12-24(25)26)28(40)35-15-13-27(38)39/h4-7,12,17-18,20,22,25H,8-11,13-16H2,1-3H3,(H,35,40)(H,36,41)(H,38,39). The molecule has 3 N–H and O–H groups in total. The summed E-state index contributed by atoms with van der Waals surface area (Å²) in [5.74, 6) is -0.955. The largest absolute Gasteiger partial charge is 0.573 e. The van der Waals surface area contributed by atoms with E-state index in [2.05, 4.69) is 36.1 Å². The van der Waals surface area contributed by atoms with Gasteiger partial charge in [0.1, 0.15) is 11.5 Å². The Labute approximate surface area is 248 Å². The lowest BCUT2D eigenvalue weighted by atomic mass is 9.71. The van der Waals surface area contributed by atoms with Crippen molar-refractivity contribution in [1.82, 2.24) is 10.2 Å². The first-order valence-corrected chi connectivity index (χ1v) is 14.4. The van der Waals surface area contributed by atoms with Crippen LogP contribution in [0.5, 0.6) is 11.5 Å². The Kier molecular flexibility index (Phi) is 9.76. The molecular weight excluding hydrogens is 567 g/mol. The summed E-state index contributed by atoms with van der Waals surface area (Å²) in [4.78, 5) is 39.1. The number of nitrogens with one attached hydrogen (secondary N) is 2. The molecule has 43 heavy (non-hydrogen) atoms. The number of alkyl halides is 3. The lowest BCUT2D eigenvalue weighted by Crippen LogP contribution is -2.48. The smallest absolute Gasteiger partial charge is 0.493 e. The van der Waals surface area contributed by atoms with Crippen molar-refractivity contribution in [3.63, 3.8) is 0 Å². The van der Waals surface area contributed by atoms with Crippen LogP contribution in [0, 0.1) is 11.3 Å². The van der Waals surface area contributed by atoms with Crippen molar-refractivity contribution >= 4 is 23.6 Å². The van der Waals surface area contributed by atoms with Crippen LogP contribution in [-0.2, 0) is 4.79 Å². The molecule has 2 aromatic rings. The lowest BCUT2D eigenvalue weighted by Gasteiger charge is -2.45. The molecule has 1 fully saturated rings. The van der Waals surface area contributed by atoms with Gasteiger partial charge >= 0.3 is 18.4 Å². The number of hydrogen-bond acceptors (Lipinski definition) is 5. The Morgan fingerprint density at radius 1 is 1.02 bits per heavy atom. The van der Waals surface area contributed by atoms with E-state index in [4.69, 9.17) is 9.84 Å². The molecule has 2 aliphatic rings. The molecule has 0 spiro atoms. The molecule has 0 radical (unpaired) electrons. The highest BCUT2D eigenvalue weighted by Gasteiger charge is 2.39. The van der Waals surface area contributed by atoms with Crippen LogP contribution < -0.4 is 20.1 Å². The molecule has 1 saturated carbocycles. The van der Waals surface area contributed by atoms with Crippen LogP contribution in [0.1, 0.15) is 81.3 Å². The molecule has 12 heteroatoms. The second kappa shape index (κ2) is 13.1. The van der Waals surface area contributed by atoms with Crippen molar-refractivity contribution in [2.75, 3.05) is 18.5 Å². The molecule has 4 rings (SSSR count). The van der Waals surface area contributed by atoms with Crippen LogP contribution >= 0.6 is 0 Å². The third kappa shape index (κ3) is 8.55. The molecule has 1 aliphatic carbocycles. The van der Waals surface area contributed by atoms with Crippen molar-refractivity contribution in [2.45, 2.75) is 77.7 Å². The van der Waals surface area contributed by atoms with Crippen molar-refractivity contribution in [3.8, 4) is 11.5 Å². The van der Waals surface area contributed by atoms with Crippen LogP contribution in [0.4, 0.5) is 23.7 Å². The monoisotopic (exact) mass is 605 g/mol. The number of hydrogen-bond donors (Lipinski definition) is 3. The third-order valence-corrected chi connectivity index (χ3v) is 8.11. The van der Waals surface area contributed by atoms with E-state index in [0.717, 1.165) is 37.3 Å². The van der Waals surface area contributed by atoms with Crippen LogP contribution in [-0.4, -0.2) is 53.5 Å². The summed E-state index contributed by atoms with van der Waals surface area (Å²) >= 11 is 0.